The third-order valence-corrected chi connectivity index (χ3v) is 6.00. The smallest absolute Gasteiger partial charge is 0.357 e. The molecule has 2 N–H and O–H groups in total. The molecule has 4 aromatic heterocycles. The molecule has 6 heterocycles. The number of imidazole rings is 2. The average molecular weight is 613 g/mol. The van der Waals surface area contributed by atoms with Crippen molar-refractivity contribution in [1.29, 1.82) is 0 Å². The number of epoxide rings is 2. The van der Waals surface area contributed by atoms with E-state index in [1.165, 1.54) is 38.2 Å². The van der Waals surface area contributed by atoms with Crippen molar-refractivity contribution in [2.24, 2.45) is 0 Å². The van der Waals surface area contributed by atoms with Crippen LogP contribution in [0.1, 0.15) is 34.8 Å². The lowest BCUT2D eigenvalue weighted by Crippen LogP contribution is -2.25. The molecule has 2 aliphatic heterocycles. The second-order valence-electron chi connectivity index (χ2n) is 8.51. The predicted octanol–water partition coefficient (Wildman–Crippen LogP) is 0.955. The van der Waals surface area contributed by atoms with Gasteiger partial charge in [-0.2, -0.15) is 0 Å². The van der Waals surface area contributed by atoms with Gasteiger partial charge in [0.05, 0.1) is 81.5 Å². The molecule has 0 radical (unpaired) electrons. The lowest BCUT2D eigenvalue weighted by molar-refractivity contribution is 0.0508. The average Bonchev–Trinajstić information content (AvgIpc) is 3.88. The van der Waals surface area contributed by atoms with Crippen LogP contribution in [-0.2, 0) is 25.5 Å². The first-order valence-corrected chi connectivity index (χ1v) is 13.1. The SMILES string of the molecule is CCOC(=O)c1[nH]c(=O)n2cc(Cl)ncc12.CCOC(=O)c1c2cnc(Cl)cn2c(=O)n1CC1CO1.OCC1CO1. The number of esters is 2. The van der Waals surface area contributed by atoms with Crippen molar-refractivity contribution < 1.29 is 33.6 Å². The number of aromatic nitrogens is 6. The van der Waals surface area contributed by atoms with E-state index in [1.807, 2.05) is 0 Å². The summed E-state index contributed by atoms with van der Waals surface area (Å²) in [6.07, 6.45) is 5.59. The molecule has 2 atom stereocenters. The van der Waals surface area contributed by atoms with Crippen molar-refractivity contribution >= 4 is 46.2 Å². The number of carbonyl (C=O) groups is 2. The predicted molar refractivity (Wildman–Crippen MR) is 144 cm³/mol. The standard InChI is InChI=1S/C12H12ClN3O4.C9H8ClN3O3.C3H6O2/c1-2-19-11(17)10-8-3-14-9(13)5-15(8)12(18)16(10)4-7-6-20-7;1-2-16-8(14)7-5-3-11-6(10)4-13(5)9(15)12-7;4-1-3-2-5-3/h3,5,7H,2,4,6H2,1H3;3-4H,2H2,1H3,(H,12,15);3-4H,1-2H2. The molecule has 0 aromatic carbocycles. The molecule has 41 heavy (non-hydrogen) atoms. The summed E-state index contributed by atoms with van der Waals surface area (Å²) in [6.45, 7) is 5.70. The molecular formula is C24H26Cl2N6O9. The van der Waals surface area contributed by atoms with Crippen LogP contribution in [0.15, 0.2) is 34.4 Å². The summed E-state index contributed by atoms with van der Waals surface area (Å²) in [4.78, 5) is 57.5. The molecule has 6 rings (SSSR count). The van der Waals surface area contributed by atoms with Gasteiger partial charge in [-0.1, -0.05) is 23.2 Å². The topological polar surface area (TPSA) is 187 Å². The molecule has 2 fully saturated rings. The van der Waals surface area contributed by atoms with Gasteiger partial charge >= 0.3 is 23.3 Å². The van der Waals surface area contributed by atoms with E-state index in [1.54, 1.807) is 13.8 Å². The summed E-state index contributed by atoms with van der Waals surface area (Å²) >= 11 is 11.4. The number of aliphatic hydroxyl groups excluding tert-OH is 1. The van der Waals surface area contributed by atoms with E-state index in [9.17, 15) is 19.2 Å². The van der Waals surface area contributed by atoms with E-state index in [4.69, 9.17) is 42.5 Å². The van der Waals surface area contributed by atoms with Crippen LogP contribution in [0.5, 0.6) is 0 Å². The maximum atomic E-state index is 12.3. The highest BCUT2D eigenvalue weighted by molar-refractivity contribution is 6.29. The third-order valence-electron chi connectivity index (χ3n) is 5.61. The number of nitrogens with zero attached hydrogens (tertiary/aromatic N) is 5. The first kappa shape index (κ1) is 30.2. The van der Waals surface area contributed by atoms with Crippen LogP contribution in [0.4, 0.5) is 0 Å². The lowest BCUT2D eigenvalue weighted by atomic mass is 10.3. The first-order chi connectivity index (χ1) is 19.7. The summed E-state index contributed by atoms with van der Waals surface area (Å²) < 4.78 is 23.4. The highest BCUT2D eigenvalue weighted by Gasteiger charge is 2.29. The molecule has 220 valence electrons. The molecule has 2 aliphatic rings. The first-order valence-electron chi connectivity index (χ1n) is 12.4. The molecule has 0 amide bonds. The zero-order valence-corrected chi connectivity index (χ0v) is 23.4. The Kier molecular flexibility index (Phi) is 9.77. The van der Waals surface area contributed by atoms with Gasteiger partial charge in [0.15, 0.2) is 11.4 Å². The number of fused-ring (bicyclic) bond motifs is 2. The van der Waals surface area contributed by atoms with Gasteiger partial charge < -0.3 is 24.1 Å². The van der Waals surface area contributed by atoms with Gasteiger partial charge in [0.1, 0.15) is 16.4 Å². The largest absolute Gasteiger partial charge is 0.461 e. The number of aromatic amines is 1. The van der Waals surface area contributed by atoms with Crippen molar-refractivity contribution in [3.8, 4) is 0 Å². The summed E-state index contributed by atoms with van der Waals surface area (Å²) in [6, 6.07) is 0. The molecule has 2 unspecified atom stereocenters. The summed E-state index contributed by atoms with van der Waals surface area (Å²) in [5.41, 5.74) is 0.157. The molecule has 0 saturated carbocycles. The number of carbonyl (C=O) groups excluding carboxylic acids is 2. The highest BCUT2D eigenvalue weighted by atomic mass is 35.5. The fraction of sp³-hybridized carbons (Fsp3) is 0.417. The Bertz CT molecular complexity index is 1670. The second-order valence-corrected chi connectivity index (χ2v) is 9.29. The van der Waals surface area contributed by atoms with E-state index in [-0.39, 0.29) is 59.4 Å². The van der Waals surface area contributed by atoms with Crippen molar-refractivity contribution in [1.82, 2.24) is 28.3 Å². The van der Waals surface area contributed by atoms with E-state index in [2.05, 4.69) is 19.7 Å². The van der Waals surface area contributed by atoms with Crippen LogP contribution >= 0.6 is 23.2 Å². The number of rotatable bonds is 7. The Balaban J connectivity index is 0.000000164. The molecule has 0 bridgehead atoms. The van der Waals surface area contributed by atoms with Gasteiger partial charge in [0.2, 0.25) is 0 Å². The number of nitrogens with one attached hydrogen (secondary N) is 1. The second kappa shape index (κ2) is 13.3. The zero-order valence-electron chi connectivity index (χ0n) is 21.9. The van der Waals surface area contributed by atoms with Gasteiger partial charge in [0.25, 0.3) is 0 Å². The maximum Gasteiger partial charge on any atom is 0.357 e. The highest BCUT2D eigenvalue weighted by Crippen LogP contribution is 2.17. The van der Waals surface area contributed by atoms with E-state index < -0.39 is 17.6 Å². The fourth-order valence-electron chi connectivity index (χ4n) is 3.56. The number of aliphatic hydroxyl groups is 1. The third kappa shape index (κ3) is 7.31. The zero-order chi connectivity index (χ0) is 29.7. The number of hydrogen-bond acceptors (Lipinski definition) is 11. The van der Waals surface area contributed by atoms with Crippen molar-refractivity contribution in [3.05, 3.63) is 67.5 Å². The molecule has 0 aliphatic carbocycles. The van der Waals surface area contributed by atoms with Crippen molar-refractivity contribution in [3.63, 3.8) is 0 Å². The number of ether oxygens (including phenoxy) is 4. The quantitative estimate of drug-likeness (QED) is 0.223. The minimum atomic E-state index is -0.591. The molecule has 17 heteroatoms. The van der Waals surface area contributed by atoms with Gasteiger partial charge in [-0.3, -0.25) is 18.4 Å². The number of halogens is 2. The maximum absolute atomic E-state index is 12.3. The van der Waals surface area contributed by atoms with Gasteiger partial charge in [-0.25, -0.2) is 29.1 Å². The van der Waals surface area contributed by atoms with Crippen LogP contribution in [0.3, 0.4) is 0 Å². The normalized spacial score (nSPS) is 16.8. The molecular weight excluding hydrogens is 587 g/mol. The van der Waals surface area contributed by atoms with Crippen LogP contribution in [0.2, 0.25) is 10.3 Å². The van der Waals surface area contributed by atoms with Crippen LogP contribution in [0, 0.1) is 0 Å². The van der Waals surface area contributed by atoms with Gasteiger partial charge in [-0.15, -0.1) is 0 Å². The van der Waals surface area contributed by atoms with E-state index in [0.29, 0.717) is 24.2 Å². The Morgan fingerprint density at radius 3 is 2.07 bits per heavy atom. The molecule has 2 saturated heterocycles. The van der Waals surface area contributed by atoms with Gasteiger partial charge in [0, 0.05) is 0 Å². The van der Waals surface area contributed by atoms with Crippen LogP contribution in [0.25, 0.3) is 11.0 Å². The van der Waals surface area contributed by atoms with Crippen molar-refractivity contribution in [2.45, 2.75) is 32.6 Å². The Morgan fingerprint density at radius 1 is 0.976 bits per heavy atom. The van der Waals surface area contributed by atoms with E-state index in [0.717, 1.165) is 6.61 Å². The van der Waals surface area contributed by atoms with E-state index >= 15 is 0 Å². The van der Waals surface area contributed by atoms with Crippen LogP contribution in [-0.4, -0.2) is 90.6 Å². The fourth-order valence-corrected chi connectivity index (χ4v) is 3.86. The Hall–Kier alpha value is -3.76. The van der Waals surface area contributed by atoms with Gasteiger partial charge in [-0.05, 0) is 13.8 Å². The summed E-state index contributed by atoms with van der Waals surface area (Å²) in [5.74, 6) is -1.15. The minimum Gasteiger partial charge on any atom is -0.461 e. The molecule has 0 spiro atoms. The number of H-pyrrole nitrogens is 1. The monoisotopic (exact) mass is 612 g/mol. The molecule has 15 nitrogen and oxygen atoms in total. The molecule has 4 aromatic rings. The Morgan fingerprint density at radius 2 is 1.54 bits per heavy atom. The summed E-state index contributed by atoms with van der Waals surface area (Å²) in [5, 5.41) is 8.43. The number of hydrogen-bond donors (Lipinski definition) is 2. The lowest BCUT2D eigenvalue weighted by Gasteiger charge is -2.05. The Labute approximate surface area is 241 Å². The van der Waals surface area contributed by atoms with Crippen molar-refractivity contribution in [2.75, 3.05) is 33.0 Å². The minimum absolute atomic E-state index is 0.0401. The van der Waals surface area contributed by atoms with Crippen LogP contribution < -0.4 is 11.4 Å². The summed E-state index contributed by atoms with van der Waals surface area (Å²) in [7, 11) is 0.